The number of carbonyl (C=O) groups is 1. The lowest BCUT2D eigenvalue weighted by atomic mass is 10.0. The number of aromatic amines is 1. The Balaban J connectivity index is 1.43. The second kappa shape index (κ2) is 8.75. The summed E-state index contributed by atoms with van der Waals surface area (Å²) in [6, 6.07) is 13.6. The number of methoxy groups -OCH3 is 1. The minimum absolute atomic E-state index is 0.0406. The van der Waals surface area contributed by atoms with E-state index in [-0.39, 0.29) is 11.6 Å². The monoisotopic (exact) mass is 428 g/mol. The maximum atomic E-state index is 14.0. The number of amides is 1. The fourth-order valence-electron chi connectivity index (χ4n) is 3.63. The van der Waals surface area contributed by atoms with Crippen LogP contribution in [0.3, 0.4) is 0 Å². The zero-order valence-electron chi connectivity index (χ0n) is 16.5. The number of hydrogen-bond donors (Lipinski definition) is 2. The summed E-state index contributed by atoms with van der Waals surface area (Å²) in [5, 5.41) is 10.8. The summed E-state index contributed by atoms with van der Waals surface area (Å²) in [4.78, 5) is 14.6. The highest BCUT2D eigenvalue weighted by atomic mass is 35.5. The summed E-state index contributed by atoms with van der Waals surface area (Å²) in [6.45, 7) is 1.44. The van der Waals surface area contributed by atoms with Gasteiger partial charge >= 0.3 is 0 Å². The molecule has 0 unspecified atom stereocenters. The van der Waals surface area contributed by atoms with Crippen molar-refractivity contribution in [3.8, 4) is 17.0 Å². The largest absolute Gasteiger partial charge is 0.497 e. The Hall–Kier alpha value is -3.06. The van der Waals surface area contributed by atoms with E-state index in [1.807, 2.05) is 30.3 Å². The molecule has 4 rings (SSSR count). The molecule has 8 heteroatoms. The van der Waals surface area contributed by atoms with Crippen LogP contribution in [0.15, 0.2) is 48.5 Å². The zero-order valence-corrected chi connectivity index (χ0v) is 17.2. The Morgan fingerprint density at radius 1 is 1.27 bits per heavy atom. The van der Waals surface area contributed by atoms with Gasteiger partial charge in [-0.1, -0.05) is 11.6 Å². The fourth-order valence-corrected chi connectivity index (χ4v) is 3.80. The van der Waals surface area contributed by atoms with Crippen LogP contribution in [0.1, 0.15) is 23.2 Å². The topological polar surface area (TPSA) is 70.2 Å². The number of H-pyrrole nitrogens is 1. The van der Waals surface area contributed by atoms with Crippen molar-refractivity contribution in [2.45, 2.75) is 18.9 Å². The van der Waals surface area contributed by atoms with Gasteiger partial charge in [-0.3, -0.25) is 9.89 Å². The number of hydrogen-bond acceptors (Lipinski definition) is 4. The number of rotatable bonds is 5. The second-order valence-corrected chi connectivity index (χ2v) is 7.69. The molecule has 3 aromatic rings. The Bertz CT molecular complexity index is 1040. The summed E-state index contributed by atoms with van der Waals surface area (Å²) in [6.07, 6.45) is 1.72. The minimum atomic E-state index is -0.582. The number of aromatic nitrogens is 2. The number of anilines is 1. The Kier molecular flexibility index (Phi) is 5.90. The van der Waals surface area contributed by atoms with Crippen LogP contribution >= 0.6 is 11.6 Å². The van der Waals surface area contributed by atoms with Crippen LogP contribution in [0.25, 0.3) is 11.3 Å². The molecule has 1 fully saturated rings. The molecule has 0 aliphatic carbocycles. The predicted molar refractivity (Wildman–Crippen MR) is 115 cm³/mol. The van der Waals surface area contributed by atoms with Gasteiger partial charge in [-0.15, -0.1) is 0 Å². The second-order valence-electron chi connectivity index (χ2n) is 7.25. The van der Waals surface area contributed by atoms with Crippen molar-refractivity contribution < 1.29 is 13.9 Å². The number of nitrogens with zero attached hydrogens (tertiary/aromatic N) is 2. The number of benzene rings is 2. The summed E-state index contributed by atoms with van der Waals surface area (Å²) in [5.41, 5.74) is 1.87. The van der Waals surface area contributed by atoms with Crippen molar-refractivity contribution >= 4 is 23.3 Å². The fraction of sp³-hybridized carbons (Fsp3) is 0.273. The number of nitrogens with one attached hydrogen (secondary N) is 2. The zero-order chi connectivity index (χ0) is 21.1. The van der Waals surface area contributed by atoms with Gasteiger partial charge in [-0.05, 0) is 60.9 Å². The normalized spacial score (nSPS) is 16.4. The lowest BCUT2D eigenvalue weighted by Crippen LogP contribution is -2.48. The average molecular weight is 429 g/mol. The standard InChI is InChI=1S/C22H22ClFN4O2/c1-30-17-7-4-14(5-8-17)20-12-21(27-26-20)28-10-2-3-16(13-28)25-22(29)18-11-15(23)6-9-19(18)24/h4-9,11-12,16H,2-3,10,13H2,1H3,(H,25,29)(H,26,27)/t16-/m1/s1. The summed E-state index contributed by atoms with van der Waals surface area (Å²) in [7, 11) is 1.63. The molecule has 1 amide bonds. The molecule has 2 aromatic carbocycles. The number of ether oxygens (including phenoxy) is 1. The van der Waals surface area contributed by atoms with Crippen molar-refractivity contribution in [1.29, 1.82) is 0 Å². The van der Waals surface area contributed by atoms with Crippen LogP contribution in [-0.4, -0.2) is 42.3 Å². The summed E-state index contributed by atoms with van der Waals surface area (Å²) < 4.78 is 19.2. The van der Waals surface area contributed by atoms with Crippen LogP contribution < -0.4 is 15.0 Å². The Morgan fingerprint density at radius 2 is 2.07 bits per heavy atom. The minimum Gasteiger partial charge on any atom is -0.497 e. The molecular formula is C22H22ClFN4O2. The van der Waals surface area contributed by atoms with Gasteiger partial charge in [-0.2, -0.15) is 5.10 Å². The third-order valence-corrected chi connectivity index (χ3v) is 5.45. The molecule has 1 aromatic heterocycles. The van der Waals surface area contributed by atoms with E-state index in [4.69, 9.17) is 16.3 Å². The molecule has 2 N–H and O–H groups in total. The molecule has 0 spiro atoms. The van der Waals surface area contributed by atoms with Crippen LogP contribution in [0.2, 0.25) is 5.02 Å². The molecule has 1 saturated heterocycles. The predicted octanol–water partition coefficient (Wildman–Crippen LogP) is 4.28. The van der Waals surface area contributed by atoms with Crippen molar-refractivity contribution in [2.75, 3.05) is 25.1 Å². The molecule has 2 heterocycles. The number of piperidine rings is 1. The summed E-state index contributed by atoms with van der Waals surface area (Å²) >= 11 is 5.90. The highest BCUT2D eigenvalue weighted by Crippen LogP contribution is 2.26. The van der Waals surface area contributed by atoms with E-state index in [0.717, 1.165) is 42.2 Å². The van der Waals surface area contributed by atoms with Crippen molar-refractivity contribution in [1.82, 2.24) is 15.5 Å². The van der Waals surface area contributed by atoms with Crippen molar-refractivity contribution in [2.24, 2.45) is 0 Å². The summed E-state index contributed by atoms with van der Waals surface area (Å²) in [5.74, 6) is 0.571. The first-order valence-electron chi connectivity index (χ1n) is 9.74. The first-order valence-corrected chi connectivity index (χ1v) is 10.1. The molecule has 156 valence electrons. The van der Waals surface area contributed by atoms with Gasteiger partial charge in [0, 0.05) is 30.2 Å². The van der Waals surface area contributed by atoms with Gasteiger partial charge in [0.1, 0.15) is 11.6 Å². The average Bonchev–Trinajstić information content (AvgIpc) is 3.26. The first kappa shape index (κ1) is 20.2. The quantitative estimate of drug-likeness (QED) is 0.636. The van der Waals surface area contributed by atoms with E-state index < -0.39 is 11.7 Å². The van der Waals surface area contributed by atoms with Gasteiger partial charge in [0.15, 0.2) is 5.82 Å². The van der Waals surface area contributed by atoms with Crippen LogP contribution in [0.4, 0.5) is 10.2 Å². The SMILES string of the molecule is COc1ccc(-c2cc(N3CCC[C@@H](NC(=O)c4cc(Cl)ccc4F)C3)n[nH]2)cc1. The molecule has 0 saturated carbocycles. The molecule has 1 aliphatic heterocycles. The lowest BCUT2D eigenvalue weighted by Gasteiger charge is -2.33. The molecular weight excluding hydrogens is 407 g/mol. The third-order valence-electron chi connectivity index (χ3n) is 5.22. The van der Waals surface area contributed by atoms with Gasteiger partial charge in [0.05, 0.1) is 18.4 Å². The third kappa shape index (κ3) is 4.41. The molecule has 30 heavy (non-hydrogen) atoms. The highest BCUT2D eigenvalue weighted by Gasteiger charge is 2.24. The maximum absolute atomic E-state index is 14.0. The van der Waals surface area contributed by atoms with Crippen LogP contribution in [-0.2, 0) is 0 Å². The lowest BCUT2D eigenvalue weighted by molar-refractivity contribution is 0.0929. The molecule has 1 atom stereocenters. The Morgan fingerprint density at radius 3 is 2.83 bits per heavy atom. The number of carbonyl (C=O) groups excluding carboxylic acids is 1. The smallest absolute Gasteiger partial charge is 0.254 e. The maximum Gasteiger partial charge on any atom is 0.254 e. The Labute approximate surface area is 179 Å². The number of halogens is 2. The molecule has 0 radical (unpaired) electrons. The van der Waals surface area contributed by atoms with E-state index >= 15 is 0 Å². The molecule has 0 bridgehead atoms. The van der Waals surface area contributed by atoms with Crippen molar-refractivity contribution in [3.05, 3.63) is 64.9 Å². The van der Waals surface area contributed by atoms with E-state index in [2.05, 4.69) is 20.4 Å². The van der Waals surface area contributed by atoms with E-state index in [9.17, 15) is 9.18 Å². The van der Waals surface area contributed by atoms with Gasteiger partial charge in [-0.25, -0.2) is 4.39 Å². The van der Waals surface area contributed by atoms with Gasteiger partial charge in [0.2, 0.25) is 0 Å². The van der Waals surface area contributed by atoms with E-state index in [0.29, 0.717) is 11.6 Å². The van der Waals surface area contributed by atoms with Crippen LogP contribution in [0, 0.1) is 5.82 Å². The highest BCUT2D eigenvalue weighted by molar-refractivity contribution is 6.31. The van der Waals surface area contributed by atoms with Gasteiger partial charge in [0.25, 0.3) is 5.91 Å². The van der Waals surface area contributed by atoms with Crippen LogP contribution in [0.5, 0.6) is 5.75 Å². The van der Waals surface area contributed by atoms with E-state index in [1.165, 1.54) is 18.2 Å². The first-order chi connectivity index (χ1) is 14.5. The molecule has 1 aliphatic rings. The van der Waals surface area contributed by atoms with Crippen molar-refractivity contribution in [3.63, 3.8) is 0 Å². The van der Waals surface area contributed by atoms with Gasteiger partial charge < -0.3 is 15.0 Å². The van der Waals surface area contributed by atoms with E-state index in [1.54, 1.807) is 7.11 Å². The molecule has 6 nitrogen and oxygen atoms in total.